The first kappa shape index (κ1) is 21.1. The van der Waals surface area contributed by atoms with E-state index in [-0.39, 0.29) is 22.4 Å². The molecule has 0 aliphatic rings. The summed E-state index contributed by atoms with van der Waals surface area (Å²) in [5.74, 6) is -0.212. The van der Waals surface area contributed by atoms with Gasteiger partial charge in [-0.1, -0.05) is 47.6 Å². The van der Waals surface area contributed by atoms with Crippen molar-refractivity contribution in [2.45, 2.75) is 19.0 Å². The number of rotatable bonds is 5. The summed E-state index contributed by atoms with van der Waals surface area (Å²) in [4.78, 5) is 34.5. The van der Waals surface area contributed by atoms with Crippen LogP contribution in [0.2, 0.25) is 5.15 Å². The largest absolute Gasteiger partial charge is 0.323 e. The summed E-state index contributed by atoms with van der Waals surface area (Å²) in [5, 5.41) is 3.94. The molecule has 0 radical (unpaired) electrons. The molecule has 0 saturated heterocycles. The minimum absolute atomic E-state index is 0.0564. The SMILES string of the molecule is Cc1ccc(C)c(-n2c(SCC(=O)Nc3cccnc3Cl)nc3ccccc3c2=O)c1. The van der Waals surface area contributed by atoms with Gasteiger partial charge in [0.15, 0.2) is 10.3 Å². The monoisotopic (exact) mass is 450 g/mol. The molecule has 156 valence electrons. The molecular formula is C23H19ClN4O2S. The summed E-state index contributed by atoms with van der Waals surface area (Å²) >= 11 is 7.21. The maximum atomic E-state index is 13.4. The highest BCUT2D eigenvalue weighted by Gasteiger charge is 2.16. The number of fused-ring (bicyclic) bond motifs is 1. The lowest BCUT2D eigenvalue weighted by atomic mass is 10.1. The predicted molar refractivity (Wildman–Crippen MR) is 125 cm³/mol. The molecule has 0 aliphatic carbocycles. The third kappa shape index (κ3) is 4.47. The van der Waals surface area contributed by atoms with Crippen molar-refractivity contribution in [2.75, 3.05) is 11.1 Å². The Labute approximate surface area is 188 Å². The lowest BCUT2D eigenvalue weighted by Gasteiger charge is -2.16. The maximum Gasteiger partial charge on any atom is 0.266 e. The molecule has 0 spiro atoms. The highest BCUT2D eigenvalue weighted by atomic mass is 35.5. The van der Waals surface area contributed by atoms with E-state index in [1.165, 1.54) is 11.8 Å². The van der Waals surface area contributed by atoms with Crippen LogP contribution in [-0.2, 0) is 4.79 Å². The normalized spacial score (nSPS) is 10.9. The number of anilines is 1. The zero-order valence-corrected chi connectivity index (χ0v) is 18.5. The van der Waals surface area contributed by atoms with Gasteiger partial charge in [-0.25, -0.2) is 9.97 Å². The van der Waals surface area contributed by atoms with Crippen LogP contribution in [-0.4, -0.2) is 26.2 Å². The lowest BCUT2D eigenvalue weighted by Crippen LogP contribution is -2.23. The second-order valence-corrected chi connectivity index (χ2v) is 8.32. The van der Waals surface area contributed by atoms with Gasteiger partial charge in [-0.15, -0.1) is 0 Å². The van der Waals surface area contributed by atoms with Crippen LogP contribution in [0.3, 0.4) is 0 Å². The second-order valence-electron chi connectivity index (χ2n) is 7.02. The van der Waals surface area contributed by atoms with Crippen LogP contribution in [0, 0.1) is 13.8 Å². The number of hydrogen-bond donors (Lipinski definition) is 1. The molecule has 0 unspecified atom stereocenters. The quantitative estimate of drug-likeness (QED) is 0.269. The van der Waals surface area contributed by atoms with Crippen LogP contribution in [0.1, 0.15) is 11.1 Å². The first-order chi connectivity index (χ1) is 14.9. The molecule has 2 heterocycles. The smallest absolute Gasteiger partial charge is 0.266 e. The Balaban J connectivity index is 1.73. The van der Waals surface area contributed by atoms with Gasteiger partial charge in [-0.05, 0) is 55.3 Å². The van der Waals surface area contributed by atoms with E-state index in [0.717, 1.165) is 16.8 Å². The van der Waals surface area contributed by atoms with Crippen molar-refractivity contribution in [3.8, 4) is 5.69 Å². The molecule has 1 amide bonds. The standard InChI is InChI=1S/C23H19ClN4O2S/c1-14-9-10-15(2)19(12-14)28-22(30)16-6-3-4-7-17(16)27-23(28)31-13-20(29)26-18-8-5-11-25-21(18)24/h3-12H,13H2,1-2H3,(H,26,29). The van der Waals surface area contributed by atoms with Crippen molar-refractivity contribution in [1.29, 1.82) is 0 Å². The predicted octanol–water partition coefficient (Wildman–Crippen LogP) is 4.78. The first-order valence-electron chi connectivity index (χ1n) is 9.56. The molecule has 2 aromatic heterocycles. The summed E-state index contributed by atoms with van der Waals surface area (Å²) in [6.45, 7) is 3.92. The fourth-order valence-corrected chi connectivity index (χ4v) is 4.15. The van der Waals surface area contributed by atoms with Gasteiger partial charge in [0, 0.05) is 6.20 Å². The van der Waals surface area contributed by atoms with Crippen LogP contribution in [0.25, 0.3) is 16.6 Å². The fraction of sp³-hybridized carbons (Fsp3) is 0.130. The van der Waals surface area contributed by atoms with E-state index < -0.39 is 0 Å². The highest BCUT2D eigenvalue weighted by molar-refractivity contribution is 7.99. The van der Waals surface area contributed by atoms with Crippen molar-refractivity contribution in [1.82, 2.24) is 14.5 Å². The third-order valence-corrected chi connectivity index (χ3v) is 5.96. The van der Waals surface area contributed by atoms with Crippen molar-refractivity contribution in [3.63, 3.8) is 0 Å². The van der Waals surface area contributed by atoms with Crippen molar-refractivity contribution < 1.29 is 4.79 Å². The Morgan fingerprint density at radius 1 is 1.13 bits per heavy atom. The summed E-state index contributed by atoms with van der Waals surface area (Å²) in [6.07, 6.45) is 1.55. The Hall–Kier alpha value is -3.16. The summed E-state index contributed by atoms with van der Waals surface area (Å²) in [5.41, 5.74) is 3.58. The molecule has 4 aromatic rings. The van der Waals surface area contributed by atoms with Gasteiger partial charge >= 0.3 is 0 Å². The minimum Gasteiger partial charge on any atom is -0.323 e. The Kier molecular flexibility index (Phi) is 6.06. The van der Waals surface area contributed by atoms with Gasteiger partial charge in [0.1, 0.15) is 0 Å². The average Bonchev–Trinajstić information content (AvgIpc) is 2.76. The summed E-state index contributed by atoms with van der Waals surface area (Å²) in [6, 6.07) is 16.5. The Morgan fingerprint density at radius 2 is 1.94 bits per heavy atom. The van der Waals surface area contributed by atoms with Crippen LogP contribution >= 0.6 is 23.4 Å². The molecule has 8 heteroatoms. The molecular weight excluding hydrogens is 432 g/mol. The van der Waals surface area contributed by atoms with E-state index in [0.29, 0.717) is 21.7 Å². The molecule has 0 fully saturated rings. The first-order valence-corrected chi connectivity index (χ1v) is 10.9. The Morgan fingerprint density at radius 3 is 2.74 bits per heavy atom. The topological polar surface area (TPSA) is 76.9 Å². The molecule has 0 aliphatic heterocycles. The van der Waals surface area contributed by atoms with Crippen LogP contribution in [0.5, 0.6) is 0 Å². The van der Waals surface area contributed by atoms with E-state index in [2.05, 4.69) is 15.3 Å². The number of nitrogens with zero attached hydrogens (tertiary/aromatic N) is 3. The van der Waals surface area contributed by atoms with Crippen molar-refractivity contribution in [2.24, 2.45) is 0 Å². The van der Waals surface area contributed by atoms with E-state index >= 15 is 0 Å². The number of hydrogen-bond acceptors (Lipinski definition) is 5. The number of aromatic nitrogens is 3. The minimum atomic E-state index is -0.269. The molecule has 0 saturated carbocycles. The van der Waals surface area contributed by atoms with Gasteiger partial charge < -0.3 is 5.32 Å². The van der Waals surface area contributed by atoms with Gasteiger partial charge in [0.05, 0.1) is 28.0 Å². The van der Waals surface area contributed by atoms with Gasteiger partial charge in [-0.2, -0.15) is 0 Å². The maximum absolute atomic E-state index is 13.4. The average molecular weight is 451 g/mol. The Bertz CT molecular complexity index is 1350. The van der Waals surface area contributed by atoms with Gasteiger partial charge in [-0.3, -0.25) is 14.2 Å². The number of amides is 1. The number of nitrogens with one attached hydrogen (secondary N) is 1. The molecule has 31 heavy (non-hydrogen) atoms. The number of aryl methyl sites for hydroxylation is 2. The zero-order chi connectivity index (χ0) is 22.0. The third-order valence-electron chi connectivity index (χ3n) is 4.72. The summed E-state index contributed by atoms with van der Waals surface area (Å²) < 4.78 is 1.58. The fourth-order valence-electron chi connectivity index (χ4n) is 3.18. The number of para-hydroxylation sites is 1. The molecule has 4 rings (SSSR count). The van der Waals surface area contributed by atoms with Gasteiger partial charge in [0.2, 0.25) is 5.91 Å². The van der Waals surface area contributed by atoms with E-state index in [9.17, 15) is 9.59 Å². The number of benzene rings is 2. The molecule has 2 aromatic carbocycles. The highest BCUT2D eigenvalue weighted by Crippen LogP contribution is 2.25. The van der Waals surface area contributed by atoms with E-state index in [1.54, 1.807) is 35.0 Å². The molecule has 0 bridgehead atoms. The lowest BCUT2D eigenvalue weighted by molar-refractivity contribution is -0.113. The molecule has 0 atom stereocenters. The number of carbonyl (C=O) groups is 1. The number of carbonyl (C=O) groups excluding carboxylic acids is 1. The van der Waals surface area contributed by atoms with Crippen molar-refractivity contribution in [3.05, 3.63) is 87.4 Å². The van der Waals surface area contributed by atoms with Crippen LogP contribution < -0.4 is 10.9 Å². The van der Waals surface area contributed by atoms with Crippen LogP contribution in [0.15, 0.2) is 70.7 Å². The van der Waals surface area contributed by atoms with E-state index in [4.69, 9.17) is 11.6 Å². The van der Waals surface area contributed by atoms with Crippen molar-refractivity contribution >= 4 is 45.9 Å². The number of halogens is 1. The zero-order valence-electron chi connectivity index (χ0n) is 16.9. The second kappa shape index (κ2) is 8.91. The molecule has 6 nitrogen and oxygen atoms in total. The van der Waals surface area contributed by atoms with Crippen LogP contribution in [0.4, 0.5) is 5.69 Å². The van der Waals surface area contributed by atoms with Gasteiger partial charge in [0.25, 0.3) is 5.56 Å². The number of pyridine rings is 1. The van der Waals surface area contributed by atoms with E-state index in [1.807, 2.05) is 44.2 Å². The molecule has 1 N–H and O–H groups in total. The number of thioether (sulfide) groups is 1. The summed E-state index contributed by atoms with van der Waals surface area (Å²) in [7, 11) is 0.